The molecule has 1 rings (SSSR count). The van der Waals surface area contributed by atoms with Crippen molar-refractivity contribution in [1.82, 2.24) is 5.32 Å². The number of hydrogen-bond donors (Lipinski definition) is 2. The van der Waals surface area contributed by atoms with E-state index < -0.39 is 0 Å². The number of hydrogen-bond acceptors (Lipinski definition) is 4. The molecule has 3 N–H and O–H groups in total. The Kier molecular flexibility index (Phi) is 11.1. The summed E-state index contributed by atoms with van der Waals surface area (Å²) in [6.07, 6.45) is 1.91. The first-order valence-electron chi connectivity index (χ1n) is 8.15. The smallest absolute Gasteiger partial charge is 0.220 e. The number of nitrogens with two attached hydrogens (primary N) is 1. The molecule has 1 amide bonds. The largest absolute Gasteiger partial charge is 0.494 e. The van der Waals surface area contributed by atoms with Crippen molar-refractivity contribution in [2.75, 3.05) is 13.2 Å². The van der Waals surface area contributed by atoms with Crippen LogP contribution < -0.4 is 15.8 Å². The van der Waals surface area contributed by atoms with E-state index in [1.165, 1.54) is 6.92 Å². The van der Waals surface area contributed by atoms with Crippen LogP contribution >= 0.6 is 12.4 Å². The van der Waals surface area contributed by atoms with E-state index in [1.54, 1.807) is 24.3 Å². The molecular weight excluding hydrogens is 328 g/mol. The second-order valence-corrected chi connectivity index (χ2v) is 6.17. The Balaban J connectivity index is 0.00000529. The lowest BCUT2D eigenvalue weighted by atomic mass is 10.0. The molecule has 1 unspecified atom stereocenters. The topological polar surface area (TPSA) is 81.4 Å². The van der Waals surface area contributed by atoms with Crippen LogP contribution in [0.1, 0.15) is 50.4 Å². The molecule has 6 heteroatoms. The first-order chi connectivity index (χ1) is 10.9. The normalized spacial score (nSPS) is 11.5. The minimum absolute atomic E-state index is 0. The van der Waals surface area contributed by atoms with Crippen LogP contribution in [0.4, 0.5) is 0 Å². The van der Waals surface area contributed by atoms with Crippen molar-refractivity contribution >= 4 is 24.1 Å². The standard InChI is InChI=1S/C18H28N2O3.ClH/c1-13(2)10-16(12-19)20-18(22)8-5-9-23-17-7-4-6-15(11-17)14(3)21;/h4,6-7,11,13,16H,5,8-10,12,19H2,1-3H3,(H,20,22);1H. The molecule has 0 spiro atoms. The van der Waals surface area contributed by atoms with Gasteiger partial charge in [0, 0.05) is 24.6 Å². The SMILES string of the molecule is CC(=O)c1cccc(OCCCC(=O)NC(CN)CC(C)C)c1.Cl. The highest BCUT2D eigenvalue weighted by atomic mass is 35.5. The Bertz CT molecular complexity index is 521. The van der Waals surface area contributed by atoms with Crippen molar-refractivity contribution in [2.45, 2.75) is 46.1 Å². The van der Waals surface area contributed by atoms with Gasteiger partial charge in [-0.2, -0.15) is 0 Å². The van der Waals surface area contributed by atoms with Crippen LogP contribution in [-0.4, -0.2) is 30.9 Å². The lowest BCUT2D eigenvalue weighted by molar-refractivity contribution is -0.122. The quantitative estimate of drug-likeness (QED) is 0.499. The zero-order valence-electron chi connectivity index (χ0n) is 14.7. The van der Waals surface area contributed by atoms with Crippen LogP contribution in [0.3, 0.4) is 0 Å². The minimum Gasteiger partial charge on any atom is -0.494 e. The van der Waals surface area contributed by atoms with Gasteiger partial charge in [-0.25, -0.2) is 0 Å². The monoisotopic (exact) mass is 356 g/mol. The van der Waals surface area contributed by atoms with E-state index >= 15 is 0 Å². The van der Waals surface area contributed by atoms with Gasteiger partial charge in [0.2, 0.25) is 5.91 Å². The van der Waals surface area contributed by atoms with Gasteiger partial charge in [0.1, 0.15) is 5.75 Å². The summed E-state index contributed by atoms with van der Waals surface area (Å²) in [5.74, 6) is 1.16. The highest BCUT2D eigenvalue weighted by molar-refractivity contribution is 5.94. The fourth-order valence-electron chi connectivity index (χ4n) is 2.31. The number of amides is 1. The predicted octanol–water partition coefficient (Wildman–Crippen LogP) is 2.96. The molecule has 0 heterocycles. The van der Waals surface area contributed by atoms with Crippen LogP contribution in [0.2, 0.25) is 0 Å². The van der Waals surface area contributed by atoms with Crippen molar-refractivity contribution in [3.8, 4) is 5.75 Å². The molecule has 1 atom stereocenters. The summed E-state index contributed by atoms with van der Waals surface area (Å²) in [6.45, 7) is 6.63. The van der Waals surface area contributed by atoms with Crippen molar-refractivity contribution < 1.29 is 14.3 Å². The first kappa shape index (κ1) is 22.4. The summed E-state index contributed by atoms with van der Waals surface area (Å²) >= 11 is 0. The maximum atomic E-state index is 11.9. The second-order valence-electron chi connectivity index (χ2n) is 6.17. The Hall–Kier alpha value is -1.59. The van der Waals surface area contributed by atoms with E-state index in [4.69, 9.17) is 10.5 Å². The van der Waals surface area contributed by atoms with Crippen LogP contribution in [0.25, 0.3) is 0 Å². The molecule has 0 aliphatic heterocycles. The van der Waals surface area contributed by atoms with Gasteiger partial charge < -0.3 is 15.8 Å². The van der Waals surface area contributed by atoms with Gasteiger partial charge in [0.25, 0.3) is 0 Å². The fourth-order valence-corrected chi connectivity index (χ4v) is 2.31. The van der Waals surface area contributed by atoms with Crippen LogP contribution in [0.5, 0.6) is 5.75 Å². The van der Waals surface area contributed by atoms with Gasteiger partial charge in [-0.3, -0.25) is 9.59 Å². The minimum atomic E-state index is 0. The average molecular weight is 357 g/mol. The number of rotatable bonds is 10. The van der Waals surface area contributed by atoms with Gasteiger partial charge in [-0.05, 0) is 37.8 Å². The molecule has 1 aromatic rings. The van der Waals surface area contributed by atoms with Gasteiger partial charge in [0.15, 0.2) is 5.78 Å². The summed E-state index contributed by atoms with van der Waals surface area (Å²) in [5.41, 5.74) is 6.30. The summed E-state index contributed by atoms with van der Waals surface area (Å²) in [7, 11) is 0. The van der Waals surface area contributed by atoms with Crippen LogP contribution in [0, 0.1) is 5.92 Å². The third-order valence-electron chi connectivity index (χ3n) is 3.46. The third-order valence-corrected chi connectivity index (χ3v) is 3.46. The van der Waals surface area contributed by atoms with Gasteiger partial charge in [0.05, 0.1) is 6.61 Å². The number of ether oxygens (including phenoxy) is 1. The second kappa shape index (κ2) is 11.9. The summed E-state index contributed by atoms with van der Waals surface area (Å²) in [5, 5.41) is 2.96. The van der Waals surface area contributed by atoms with E-state index in [0.717, 1.165) is 6.42 Å². The predicted molar refractivity (Wildman–Crippen MR) is 98.9 cm³/mol. The molecule has 5 nitrogen and oxygen atoms in total. The van der Waals surface area contributed by atoms with E-state index in [1.807, 2.05) is 0 Å². The molecule has 24 heavy (non-hydrogen) atoms. The van der Waals surface area contributed by atoms with Crippen molar-refractivity contribution in [3.63, 3.8) is 0 Å². The molecular formula is C18H29ClN2O3. The van der Waals surface area contributed by atoms with Crippen LogP contribution in [-0.2, 0) is 4.79 Å². The average Bonchev–Trinajstić information content (AvgIpc) is 2.50. The summed E-state index contributed by atoms with van der Waals surface area (Å²) < 4.78 is 5.59. The zero-order chi connectivity index (χ0) is 17.2. The van der Waals surface area contributed by atoms with Gasteiger partial charge in [-0.15, -0.1) is 12.4 Å². The molecule has 1 aromatic carbocycles. The number of Topliss-reactive ketones (excluding diaryl/α,β-unsaturated/α-hetero) is 1. The lowest BCUT2D eigenvalue weighted by Crippen LogP contribution is -2.41. The molecule has 0 aliphatic carbocycles. The fraction of sp³-hybridized carbons (Fsp3) is 0.556. The molecule has 136 valence electrons. The number of ketones is 1. The maximum absolute atomic E-state index is 11.9. The molecule has 0 saturated carbocycles. The van der Waals surface area contributed by atoms with Crippen molar-refractivity contribution in [3.05, 3.63) is 29.8 Å². The number of benzene rings is 1. The van der Waals surface area contributed by atoms with E-state index in [9.17, 15) is 9.59 Å². The Morgan fingerprint density at radius 3 is 2.58 bits per heavy atom. The first-order valence-corrected chi connectivity index (χ1v) is 8.15. The Morgan fingerprint density at radius 1 is 1.29 bits per heavy atom. The van der Waals surface area contributed by atoms with E-state index in [2.05, 4.69) is 19.2 Å². The van der Waals surface area contributed by atoms with E-state index in [0.29, 0.717) is 43.2 Å². The Morgan fingerprint density at radius 2 is 2.00 bits per heavy atom. The lowest BCUT2D eigenvalue weighted by Gasteiger charge is -2.18. The highest BCUT2D eigenvalue weighted by Crippen LogP contribution is 2.14. The highest BCUT2D eigenvalue weighted by Gasteiger charge is 2.12. The molecule has 0 saturated heterocycles. The number of carbonyl (C=O) groups excluding carboxylic acids is 2. The third kappa shape index (κ3) is 8.89. The molecule has 0 bridgehead atoms. The van der Waals surface area contributed by atoms with Crippen molar-refractivity contribution in [1.29, 1.82) is 0 Å². The van der Waals surface area contributed by atoms with Gasteiger partial charge >= 0.3 is 0 Å². The number of carbonyl (C=O) groups is 2. The van der Waals surface area contributed by atoms with Crippen LogP contribution in [0.15, 0.2) is 24.3 Å². The van der Waals surface area contributed by atoms with Crippen molar-refractivity contribution in [2.24, 2.45) is 11.7 Å². The molecule has 0 fully saturated rings. The summed E-state index contributed by atoms with van der Waals surface area (Å²) in [4.78, 5) is 23.2. The maximum Gasteiger partial charge on any atom is 0.220 e. The van der Waals surface area contributed by atoms with Gasteiger partial charge in [-0.1, -0.05) is 26.0 Å². The molecule has 0 aromatic heterocycles. The van der Waals surface area contributed by atoms with E-state index in [-0.39, 0.29) is 30.1 Å². The summed E-state index contributed by atoms with van der Waals surface area (Å²) in [6, 6.07) is 7.10. The molecule has 0 radical (unpaired) electrons. The number of nitrogens with one attached hydrogen (secondary N) is 1. The molecule has 0 aliphatic rings. The zero-order valence-corrected chi connectivity index (χ0v) is 15.5. The number of halogens is 1. The Labute approximate surface area is 150 Å².